The molecule has 0 heterocycles. The Hall–Kier alpha value is -1.43. The summed E-state index contributed by atoms with van der Waals surface area (Å²) >= 11 is 0. The van der Waals surface area contributed by atoms with Gasteiger partial charge in [-0.05, 0) is 51.7 Å². The van der Waals surface area contributed by atoms with Crippen LogP contribution in [0.4, 0.5) is 0 Å². The molecule has 11 heteroatoms. The first-order valence-corrected chi connectivity index (χ1v) is 11.2. The Morgan fingerprint density at radius 3 is 2.19 bits per heavy atom. The third kappa shape index (κ3) is 19.1. The van der Waals surface area contributed by atoms with Crippen LogP contribution in [-0.4, -0.2) is 65.3 Å². The molecule has 10 nitrogen and oxygen atoms in total. The Bertz CT molecular complexity index is 508. The smallest absolute Gasteiger partial charge is 0.236 e. The van der Waals surface area contributed by atoms with Crippen LogP contribution in [-0.2, 0) is 14.8 Å². The summed E-state index contributed by atoms with van der Waals surface area (Å²) in [6, 6.07) is 0. The van der Waals surface area contributed by atoms with Gasteiger partial charge >= 0.3 is 0 Å². The Kier molecular flexibility index (Phi) is 15.8. The van der Waals surface area contributed by atoms with Crippen LogP contribution in [0.5, 0.6) is 0 Å². The average molecular weight is 408 g/mol. The molecule has 0 aromatic heterocycles. The Morgan fingerprint density at radius 1 is 0.852 bits per heavy atom. The van der Waals surface area contributed by atoms with Gasteiger partial charge in [-0.15, -0.1) is 0 Å². The molecular weight excluding hydrogens is 370 g/mol. The lowest BCUT2D eigenvalue weighted by atomic mass is 10.2. The maximum absolute atomic E-state index is 11.8. The second kappa shape index (κ2) is 16.7. The standard InChI is InChI=1S/C16H37N7O3S/c17-8-7-10-20-9-5-6-13-23-27(25,26)14-15(24)21-11-3-1-2-4-12-22-16(18)19/h20,23H,1-14,17H2,(H,21,24)(H4,18,19,22). The van der Waals surface area contributed by atoms with Gasteiger partial charge in [0.15, 0.2) is 5.96 Å². The lowest BCUT2D eigenvalue weighted by Gasteiger charge is -2.08. The molecule has 0 aliphatic rings. The number of aliphatic imine (C=N–C) groups is 1. The second-order valence-electron chi connectivity index (χ2n) is 6.32. The number of nitrogens with zero attached hydrogens (tertiary/aromatic N) is 1. The maximum atomic E-state index is 11.8. The number of hydrogen-bond donors (Lipinski definition) is 6. The average Bonchev–Trinajstić information content (AvgIpc) is 2.58. The van der Waals surface area contributed by atoms with Gasteiger partial charge in [-0.3, -0.25) is 9.79 Å². The lowest BCUT2D eigenvalue weighted by molar-refractivity contribution is -0.118. The number of hydrogen-bond acceptors (Lipinski definition) is 6. The number of carbonyl (C=O) groups is 1. The summed E-state index contributed by atoms with van der Waals surface area (Å²) in [6.07, 6.45) is 6.06. The van der Waals surface area contributed by atoms with Crippen molar-refractivity contribution in [3.8, 4) is 0 Å². The van der Waals surface area contributed by atoms with Crippen LogP contribution in [0, 0.1) is 0 Å². The van der Waals surface area contributed by atoms with Crippen molar-refractivity contribution in [1.29, 1.82) is 0 Å². The van der Waals surface area contributed by atoms with Crippen LogP contribution in [0.15, 0.2) is 4.99 Å². The molecule has 0 unspecified atom stereocenters. The summed E-state index contributed by atoms with van der Waals surface area (Å²) in [5.41, 5.74) is 15.8. The number of nitrogens with one attached hydrogen (secondary N) is 3. The van der Waals surface area contributed by atoms with E-state index < -0.39 is 21.7 Å². The van der Waals surface area contributed by atoms with Crippen LogP contribution in [0.1, 0.15) is 44.9 Å². The van der Waals surface area contributed by atoms with E-state index >= 15 is 0 Å². The number of sulfonamides is 1. The summed E-state index contributed by atoms with van der Waals surface area (Å²) < 4.78 is 26.1. The lowest BCUT2D eigenvalue weighted by Crippen LogP contribution is -2.37. The Labute approximate surface area is 163 Å². The molecule has 0 aromatic carbocycles. The van der Waals surface area contributed by atoms with Crippen molar-refractivity contribution in [3.05, 3.63) is 0 Å². The zero-order valence-electron chi connectivity index (χ0n) is 16.2. The molecule has 0 spiro atoms. The largest absolute Gasteiger partial charge is 0.370 e. The molecule has 0 bridgehead atoms. The number of carbonyl (C=O) groups excluding carboxylic acids is 1. The van der Waals surface area contributed by atoms with E-state index in [2.05, 4.69) is 20.3 Å². The van der Waals surface area contributed by atoms with Gasteiger partial charge in [0.25, 0.3) is 0 Å². The van der Waals surface area contributed by atoms with Crippen molar-refractivity contribution in [2.24, 2.45) is 22.2 Å². The van der Waals surface area contributed by atoms with Crippen molar-refractivity contribution in [2.75, 3.05) is 45.0 Å². The zero-order valence-corrected chi connectivity index (χ0v) is 17.0. The monoisotopic (exact) mass is 407 g/mol. The van der Waals surface area contributed by atoms with E-state index in [1.54, 1.807) is 0 Å². The van der Waals surface area contributed by atoms with Crippen molar-refractivity contribution < 1.29 is 13.2 Å². The van der Waals surface area contributed by atoms with E-state index in [9.17, 15) is 13.2 Å². The topological polar surface area (TPSA) is 178 Å². The van der Waals surface area contributed by atoms with Crippen LogP contribution in [0.25, 0.3) is 0 Å². The third-order valence-corrected chi connectivity index (χ3v) is 4.97. The summed E-state index contributed by atoms with van der Waals surface area (Å²) in [6.45, 7) is 3.76. The molecule has 0 rings (SSSR count). The van der Waals surface area contributed by atoms with Gasteiger partial charge in [0.2, 0.25) is 15.9 Å². The van der Waals surface area contributed by atoms with Crippen molar-refractivity contribution >= 4 is 21.9 Å². The minimum atomic E-state index is -3.58. The number of unbranched alkanes of at least 4 members (excludes halogenated alkanes) is 4. The summed E-state index contributed by atoms with van der Waals surface area (Å²) in [5, 5.41) is 5.86. The third-order valence-electron chi connectivity index (χ3n) is 3.68. The van der Waals surface area contributed by atoms with E-state index in [0.29, 0.717) is 26.2 Å². The quantitative estimate of drug-likeness (QED) is 0.0916. The predicted molar refractivity (Wildman–Crippen MR) is 110 cm³/mol. The Morgan fingerprint density at radius 2 is 1.48 bits per heavy atom. The van der Waals surface area contributed by atoms with E-state index in [0.717, 1.165) is 58.0 Å². The molecule has 0 fully saturated rings. The number of guanidine groups is 1. The van der Waals surface area contributed by atoms with Gasteiger partial charge < -0.3 is 27.8 Å². The molecule has 0 saturated carbocycles. The fraction of sp³-hybridized carbons (Fsp3) is 0.875. The zero-order chi connectivity index (χ0) is 20.4. The van der Waals surface area contributed by atoms with Gasteiger partial charge in [-0.1, -0.05) is 12.8 Å². The number of amides is 1. The van der Waals surface area contributed by atoms with E-state index in [1.165, 1.54) is 0 Å². The normalized spacial score (nSPS) is 11.3. The molecule has 1 amide bonds. The van der Waals surface area contributed by atoms with Crippen LogP contribution in [0.3, 0.4) is 0 Å². The SMILES string of the molecule is NCCCNCCCCNS(=O)(=O)CC(=O)NCCCCCCN=C(N)N. The van der Waals surface area contributed by atoms with E-state index in [-0.39, 0.29) is 5.96 Å². The van der Waals surface area contributed by atoms with E-state index in [4.69, 9.17) is 17.2 Å². The van der Waals surface area contributed by atoms with Gasteiger partial charge in [-0.2, -0.15) is 0 Å². The van der Waals surface area contributed by atoms with E-state index in [1.807, 2.05) is 0 Å². The molecule has 27 heavy (non-hydrogen) atoms. The highest BCUT2D eigenvalue weighted by Gasteiger charge is 2.15. The molecule has 0 radical (unpaired) electrons. The first-order valence-electron chi connectivity index (χ1n) is 9.57. The van der Waals surface area contributed by atoms with Crippen molar-refractivity contribution in [3.63, 3.8) is 0 Å². The molecule has 9 N–H and O–H groups in total. The highest BCUT2D eigenvalue weighted by Crippen LogP contribution is 1.99. The highest BCUT2D eigenvalue weighted by atomic mass is 32.2. The maximum Gasteiger partial charge on any atom is 0.236 e. The predicted octanol–water partition coefficient (Wildman–Crippen LogP) is -1.43. The van der Waals surface area contributed by atoms with Crippen molar-refractivity contribution in [2.45, 2.75) is 44.9 Å². The number of rotatable bonds is 18. The minimum absolute atomic E-state index is 0.0938. The summed E-state index contributed by atoms with van der Waals surface area (Å²) in [7, 11) is -3.58. The molecule has 160 valence electrons. The molecular formula is C16H37N7O3S. The second-order valence-corrected chi connectivity index (χ2v) is 8.13. The fourth-order valence-electron chi connectivity index (χ4n) is 2.26. The minimum Gasteiger partial charge on any atom is -0.370 e. The first-order chi connectivity index (χ1) is 12.9. The summed E-state index contributed by atoms with van der Waals surface area (Å²) in [5.74, 6) is -0.922. The molecule has 0 atom stereocenters. The van der Waals surface area contributed by atoms with Crippen LogP contribution >= 0.6 is 0 Å². The molecule has 0 aliphatic heterocycles. The molecule has 0 saturated heterocycles. The van der Waals surface area contributed by atoms with Gasteiger partial charge in [-0.25, -0.2) is 13.1 Å². The van der Waals surface area contributed by atoms with Crippen LogP contribution in [0.2, 0.25) is 0 Å². The number of nitrogens with two attached hydrogens (primary N) is 3. The Balaban J connectivity index is 3.61. The van der Waals surface area contributed by atoms with Crippen molar-refractivity contribution in [1.82, 2.24) is 15.4 Å². The van der Waals surface area contributed by atoms with Gasteiger partial charge in [0.1, 0.15) is 5.75 Å². The first kappa shape index (κ1) is 25.6. The van der Waals surface area contributed by atoms with Gasteiger partial charge in [0.05, 0.1) is 0 Å². The highest BCUT2D eigenvalue weighted by molar-refractivity contribution is 7.90. The van der Waals surface area contributed by atoms with Gasteiger partial charge in [0, 0.05) is 19.6 Å². The molecule has 0 aromatic rings. The molecule has 0 aliphatic carbocycles. The summed E-state index contributed by atoms with van der Waals surface area (Å²) in [4.78, 5) is 15.6. The fourth-order valence-corrected chi connectivity index (χ4v) is 3.26. The van der Waals surface area contributed by atoms with Crippen LogP contribution < -0.4 is 32.6 Å².